The Morgan fingerprint density at radius 2 is 1.94 bits per heavy atom. The van der Waals surface area contributed by atoms with Gasteiger partial charge in [-0.3, -0.25) is 0 Å². The second kappa shape index (κ2) is 4.42. The highest BCUT2D eigenvalue weighted by atomic mass is 35.5. The van der Waals surface area contributed by atoms with E-state index in [4.69, 9.17) is 27.5 Å². The second-order valence-electron chi connectivity index (χ2n) is 3.20. The molecule has 1 aromatic carbocycles. The maximum atomic E-state index is 12.5. The summed E-state index contributed by atoms with van der Waals surface area (Å²) < 4.78 is 37.5. The molecule has 0 bridgehead atoms. The van der Waals surface area contributed by atoms with Gasteiger partial charge in [-0.15, -0.1) is 0 Å². The number of aliphatic hydroxyl groups excluding tert-OH is 1. The summed E-state index contributed by atoms with van der Waals surface area (Å²) in [4.78, 5) is 10.5. The lowest BCUT2D eigenvalue weighted by Gasteiger charge is -2.14. The van der Waals surface area contributed by atoms with Crippen molar-refractivity contribution in [1.29, 1.82) is 0 Å². The first-order valence-corrected chi connectivity index (χ1v) is 4.59. The highest BCUT2D eigenvalue weighted by Gasteiger charge is 2.35. The van der Waals surface area contributed by atoms with Gasteiger partial charge in [0.2, 0.25) is 0 Å². The largest absolute Gasteiger partial charge is 0.479 e. The van der Waals surface area contributed by atoms with Crippen molar-refractivity contribution in [3.8, 4) is 0 Å². The van der Waals surface area contributed by atoms with E-state index < -0.39 is 40.1 Å². The normalized spacial score (nSPS) is 13.5. The van der Waals surface area contributed by atoms with E-state index in [9.17, 15) is 18.0 Å². The molecular formula is C9H7ClF3NO3. The number of carboxylic acids is 1. The van der Waals surface area contributed by atoms with E-state index in [1.165, 1.54) is 0 Å². The predicted octanol–water partition coefficient (Wildman–Crippen LogP) is 2.06. The summed E-state index contributed by atoms with van der Waals surface area (Å²) in [5.74, 6) is -1.68. The Hall–Kier alpha value is -1.47. The molecular weight excluding hydrogens is 263 g/mol. The summed E-state index contributed by atoms with van der Waals surface area (Å²) in [5.41, 5.74) is 2.67. The number of benzene rings is 1. The van der Waals surface area contributed by atoms with Crippen molar-refractivity contribution in [1.82, 2.24) is 0 Å². The number of anilines is 1. The van der Waals surface area contributed by atoms with Gasteiger partial charge in [-0.25, -0.2) is 4.79 Å². The molecule has 0 aliphatic heterocycles. The topological polar surface area (TPSA) is 83.5 Å². The quantitative estimate of drug-likeness (QED) is 0.718. The van der Waals surface area contributed by atoms with Crippen molar-refractivity contribution in [2.75, 3.05) is 5.73 Å². The lowest BCUT2D eigenvalue weighted by Crippen LogP contribution is -2.14. The standard InChI is InChI=1S/C9H7ClF3NO3/c10-5-2-3(7(15)8(16)17)1-4(6(5)14)9(11,12)13/h1-2,7,15H,14H2,(H,16,17). The Kier molecular flexibility index (Phi) is 3.53. The molecule has 4 nitrogen and oxygen atoms in total. The van der Waals surface area contributed by atoms with Gasteiger partial charge < -0.3 is 15.9 Å². The molecule has 17 heavy (non-hydrogen) atoms. The van der Waals surface area contributed by atoms with Crippen LogP contribution in [-0.4, -0.2) is 16.2 Å². The van der Waals surface area contributed by atoms with Gasteiger partial charge in [0.25, 0.3) is 0 Å². The molecule has 1 aromatic rings. The van der Waals surface area contributed by atoms with Gasteiger partial charge in [0.15, 0.2) is 6.10 Å². The number of hydrogen-bond donors (Lipinski definition) is 3. The molecule has 0 spiro atoms. The van der Waals surface area contributed by atoms with E-state index in [1.807, 2.05) is 0 Å². The first kappa shape index (κ1) is 13.6. The van der Waals surface area contributed by atoms with E-state index >= 15 is 0 Å². The fourth-order valence-corrected chi connectivity index (χ4v) is 1.40. The van der Waals surface area contributed by atoms with Gasteiger partial charge in [-0.05, 0) is 17.7 Å². The maximum absolute atomic E-state index is 12.5. The SMILES string of the molecule is Nc1c(Cl)cc(C(O)C(=O)O)cc1C(F)(F)F. The summed E-state index contributed by atoms with van der Waals surface area (Å²) in [7, 11) is 0. The lowest BCUT2D eigenvalue weighted by molar-refractivity contribution is -0.147. The number of carboxylic acid groups (broad SMARTS) is 1. The van der Waals surface area contributed by atoms with E-state index in [0.29, 0.717) is 6.07 Å². The number of hydrogen-bond acceptors (Lipinski definition) is 3. The molecule has 0 aliphatic rings. The zero-order valence-corrected chi connectivity index (χ0v) is 8.88. The summed E-state index contributed by atoms with van der Waals surface area (Å²) >= 11 is 5.44. The fourth-order valence-electron chi connectivity index (χ4n) is 1.17. The number of nitrogens with two attached hydrogens (primary N) is 1. The molecule has 0 saturated carbocycles. The van der Waals surface area contributed by atoms with Gasteiger partial charge in [-0.1, -0.05) is 11.6 Å². The molecule has 1 atom stereocenters. The Labute approximate surface area is 98.4 Å². The van der Waals surface area contributed by atoms with Crippen LogP contribution in [0.4, 0.5) is 18.9 Å². The zero-order valence-electron chi connectivity index (χ0n) is 8.12. The lowest BCUT2D eigenvalue weighted by atomic mass is 10.0. The Morgan fingerprint density at radius 1 is 1.41 bits per heavy atom. The van der Waals surface area contributed by atoms with Crippen LogP contribution < -0.4 is 5.73 Å². The number of nitrogen functional groups attached to an aromatic ring is 1. The average Bonchev–Trinajstić information content (AvgIpc) is 2.18. The summed E-state index contributed by atoms with van der Waals surface area (Å²) in [6.45, 7) is 0. The second-order valence-corrected chi connectivity index (χ2v) is 3.61. The van der Waals surface area contributed by atoms with Crippen molar-refractivity contribution in [2.45, 2.75) is 12.3 Å². The van der Waals surface area contributed by atoms with Crippen molar-refractivity contribution in [3.05, 3.63) is 28.3 Å². The van der Waals surface area contributed by atoms with Crippen molar-refractivity contribution in [3.63, 3.8) is 0 Å². The first-order chi connectivity index (χ1) is 7.64. The summed E-state index contributed by atoms with van der Waals surface area (Å²) in [6.07, 6.45) is -6.86. The predicted molar refractivity (Wildman–Crippen MR) is 53.5 cm³/mol. The van der Waals surface area contributed by atoms with E-state index in [-0.39, 0.29) is 0 Å². The minimum atomic E-state index is -4.78. The van der Waals surface area contributed by atoms with Gasteiger partial charge in [-0.2, -0.15) is 13.2 Å². The molecule has 8 heteroatoms. The van der Waals surface area contributed by atoms with Crippen LogP contribution >= 0.6 is 11.6 Å². The van der Waals surface area contributed by atoms with Crippen LogP contribution in [0.15, 0.2) is 12.1 Å². The monoisotopic (exact) mass is 269 g/mol. The molecule has 0 fully saturated rings. The summed E-state index contributed by atoms with van der Waals surface area (Å²) in [5, 5.41) is 17.2. The molecule has 94 valence electrons. The average molecular weight is 270 g/mol. The van der Waals surface area contributed by atoms with Crippen LogP contribution in [0.25, 0.3) is 0 Å². The molecule has 0 aliphatic carbocycles. The Balaban J connectivity index is 3.39. The third-order valence-electron chi connectivity index (χ3n) is 2.01. The number of alkyl halides is 3. The molecule has 0 aromatic heterocycles. The van der Waals surface area contributed by atoms with Crippen molar-refractivity contribution >= 4 is 23.3 Å². The van der Waals surface area contributed by atoms with Crippen LogP contribution in [0.5, 0.6) is 0 Å². The molecule has 1 unspecified atom stereocenters. The smallest absolute Gasteiger partial charge is 0.418 e. The minimum Gasteiger partial charge on any atom is -0.479 e. The van der Waals surface area contributed by atoms with Crippen LogP contribution in [0.1, 0.15) is 17.2 Å². The van der Waals surface area contributed by atoms with Gasteiger partial charge in [0.05, 0.1) is 16.3 Å². The van der Waals surface area contributed by atoms with Crippen molar-refractivity contribution in [2.24, 2.45) is 0 Å². The highest BCUT2D eigenvalue weighted by molar-refractivity contribution is 6.33. The van der Waals surface area contributed by atoms with Gasteiger partial charge >= 0.3 is 12.1 Å². The molecule has 0 heterocycles. The third-order valence-corrected chi connectivity index (χ3v) is 2.32. The fraction of sp³-hybridized carbons (Fsp3) is 0.222. The highest BCUT2D eigenvalue weighted by Crippen LogP contribution is 2.38. The number of carbonyl (C=O) groups is 1. The third kappa shape index (κ3) is 2.80. The van der Waals surface area contributed by atoms with Crippen LogP contribution in [0.3, 0.4) is 0 Å². The van der Waals surface area contributed by atoms with E-state index in [1.54, 1.807) is 0 Å². The molecule has 0 radical (unpaired) electrons. The first-order valence-electron chi connectivity index (χ1n) is 4.21. The van der Waals surface area contributed by atoms with E-state index in [2.05, 4.69) is 0 Å². The van der Waals surface area contributed by atoms with Gasteiger partial charge in [0, 0.05) is 0 Å². The number of halogens is 4. The van der Waals surface area contributed by atoms with E-state index in [0.717, 1.165) is 6.07 Å². The number of rotatable bonds is 2. The van der Waals surface area contributed by atoms with Crippen molar-refractivity contribution < 1.29 is 28.2 Å². The van der Waals surface area contributed by atoms with Gasteiger partial charge in [0.1, 0.15) is 0 Å². The van der Waals surface area contributed by atoms with Crippen LogP contribution in [-0.2, 0) is 11.0 Å². The zero-order chi connectivity index (χ0) is 13.4. The molecule has 0 amide bonds. The minimum absolute atomic E-state index is 0.458. The Bertz CT molecular complexity index is 462. The van der Waals surface area contributed by atoms with Crippen LogP contribution in [0, 0.1) is 0 Å². The summed E-state index contributed by atoms with van der Waals surface area (Å²) in [6, 6.07) is 1.34. The number of aliphatic carboxylic acids is 1. The Morgan fingerprint density at radius 3 is 2.35 bits per heavy atom. The maximum Gasteiger partial charge on any atom is 0.418 e. The number of aliphatic hydroxyl groups is 1. The molecule has 4 N–H and O–H groups in total. The molecule has 0 saturated heterocycles. The molecule has 1 rings (SSSR count). The van der Waals surface area contributed by atoms with Crippen LogP contribution in [0.2, 0.25) is 5.02 Å².